The van der Waals surface area contributed by atoms with Gasteiger partial charge in [-0.1, -0.05) is 17.7 Å². The van der Waals surface area contributed by atoms with Crippen molar-refractivity contribution in [2.24, 2.45) is 0 Å². The van der Waals surface area contributed by atoms with Gasteiger partial charge in [0.15, 0.2) is 0 Å². The maximum atomic E-state index is 12.4. The second kappa shape index (κ2) is 11.5. The predicted octanol–water partition coefficient (Wildman–Crippen LogP) is 2.30. The third-order valence-electron chi connectivity index (χ3n) is 4.44. The van der Waals surface area contributed by atoms with E-state index in [9.17, 15) is 8.42 Å². The summed E-state index contributed by atoms with van der Waals surface area (Å²) < 4.78 is 37.9. The van der Waals surface area contributed by atoms with Crippen molar-refractivity contribution >= 4 is 27.5 Å². The molecule has 0 aliphatic carbocycles. The largest absolute Gasteiger partial charge is 0.497 e. The van der Waals surface area contributed by atoms with Crippen LogP contribution in [0.3, 0.4) is 0 Å². The van der Waals surface area contributed by atoms with Crippen molar-refractivity contribution in [3.63, 3.8) is 0 Å². The van der Waals surface area contributed by atoms with Crippen molar-refractivity contribution in [2.45, 2.75) is 11.8 Å². The smallest absolute Gasteiger partial charge is 0.240 e. The summed E-state index contributed by atoms with van der Waals surface area (Å²) in [4.78, 5) is 8.80. The van der Waals surface area contributed by atoms with Crippen molar-refractivity contribution in [2.75, 3.05) is 44.0 Å². The van der Waals surface area contributed by atoms with Gasteiger partial charge in [0, 0.05) is 24.8 Å². The van der Waals surface area contributed by atoms with Crippen LogP contribution in [0.4, 0.5) is 17.5 Å². The molecule has 4 N–H and O–H groups in total. The Kier molecular flexibility index (Phi) is 8.41. The van der Waals surface area contributed by atoms with Crippen molar-refractivity contribution in [3.05, 3.63) is 60.2 Å². The van der Waals surface area contributed by atoms with Gasteiger partial charge in [0.1, 0.15) is 18.2 Å². The number of ether oxygens (including phenoxy) is 2. The van der Waals surface area contributed by atoms with E-state index in [2.05, 4.69) is 25.3 Å². The lowest BCUT2D eigenvalue weighted by Crippen LogP contribution is -2.29. The molecule has 176 valence electrons. The third-order valence-corrected chi connectivity index (χ3v) is 5.91. The molecular formula is C22H27N5O5S. The van der Waals surface area contributed by atoms with Crippen LogP contribution in [0.1, 0.15) is 5.56 Å². The number of aryl methyl sites for hydroxylation is 1. The van der Waals surface area contributed by atoms with E-state index >= 15 is 0 Å². The molecule has 0 radical (unpaired) electrons. The number of hydrogen-bond donors (Lipinski definition) is 4. The number of aromatic nitrogens is 2. The van der Waals surface area contributed by atoms with Crippen LogP contribution in [0, 0.1) is 6.92 Å². The average molecular weight is 474 g/mol. The monoisotopic (exact) mass is 473 g/mol. The van der Waals surface area contributed by atoms with E-state index in [0.29, 0.717) is 11.6 Å². The molecule has 3 aromatic rings. The SMILES string of the molecule is COc1ccc(S(=O)(=O)NCCNc2nc(Nc3ccc(C)cc3)cc(OCCO)n2)cc1. The Morgan fingerprint density at radius 2 is 1.73 bits per heavy atom. The first-order valence-electron chi connectivity index (χ1n) is 10.2. The number of anilines is 3. The van der Waals surface area contributed by atoms with Crippen molar-refractivity contribution < 1.29 is 23.0 Å². The Bertz CT molecular complexity index is 1140. The second-order valence-corrected chi connectivity index (χ2v) is 8.75. The van der Waals surface area contributed by atoms with Crippen molar-refractivity contribution in [3.8, 4) is 11.6 Å². The van der Waals surface area contributed by atoms with Crippen LogP contribution in [-0.2, 0) is 10.0 Å². The standard InChI is InChI=1S/C22H27N5O5S/c1-16-3-5-17(6-4-16)25-20-15-21(32-14-13-28)27-22(26-20)23-11-12-24-33(29,30)19-9-7-18(31-2)8-10-19/h3-10,15,24,28H,11-14H2,1-2H3,(H2,23,25,26,27). The van der Waals surface area contributed by atoms with Gasteiger partial charge in [-0.2, -0.15) is 9.97 Å². The average Bonchev–Trinajstić information content (AvgIpc) is 2.82. The third kappa shape index (κ3) is 7.31. The molecule has 0 atom stereocenters. The van der Waals surface area contributed by atoms with Gasteiger partial charge in [0.2, 0.25) is 21.9 Å². The highest BCUT2D eigenvalue weighted by molar-refractivity contribution is 7.89. The zero-order valence-electron chi connectivity index (χ0n) is 18.4. The Morgan fingerprint density at radius 1 is 1.00 bits per heavy atom. The molecule has 33 heavy (non-hydrogen) atoms. The normalized spacial score (nSPS) is 11.1. The highest BCUT2D eigenvalue weighted by Gasteiger charge is 2.13. The second-order valence-electron chi connectivity index (χ2n) is 6.98. The van der Waals surface area contributed by atoms with E-state index < -0.39 is 10.0 Å². The first kappa shape index (κ1) is 24.2. The lowest BCUT2D eigenvalue weighted by atomic mass is 10.2. The molecule has 0 aliphatic heterocycles. The Hall–Kier alpha value is -3.41. The van der Waals surface area contributed by atoms with Crippen LogP contribution in [0.25, 0.3) is 0 Å². The van der Waals surface area contributed by atoms with Gasteiger partial charge in [-0.25, -0.2) is 13.1 Å². The Morgan fingerprint density at radius 3 is 2.39 bits per heavy atom. The first-order chi connectivity index (χ1) is 15.9. The number of aliphatic hydroxyl groups is 1. The molecule has 1 heterocycles. The predicted molar refractivity (Wildman–Crippen MR) is 126 cm³/mol. The van der Waals surface area contributed by atoms with Crippen molar-refractivity contribution in [1.82, 2.24) is 14.7 Å². The van der Waals surface area contributed by atoms with Gasteiger partial charge >= 0.3 is 0 Å². The van der Waals surface area contributed by atoms with E-state index in [1.54, 1.807) is 18.2 Å². The number of benzene rings is 2. The zero-order chi connectivity index (χ0) is 23.7. The summed E-state index contributed by atoms with van der Waals surface area (Å²) in [5, 5.41) is 15.2. The van der Waals surface area contributed by atoms with Crippen LogP contribution in [-0.4, -0.2) is 56.9 Å². The fourth-order valence-electron chi connectivity index (χ4n) is 2.77. The van der Waals surface area contributed by atoms with Gasteiger partial charge < -0.3 is 25.2 Å². The summed E-state index contributed by atoms with van der Waals surface area (Å²) in [5.41, 5.74) is 1.97. The summed E-state index contributed by atoms with van der Waals surface area (Å²) >= 11 is 0. The molecule has 11 heteroatoms. The fourth-order valence-corrected chi connectivity index (χ4v) is 3.81. The molecule has 0 fully saturated rings. The molecule has 0 saturated carbocycles. The van der Waals surface area contributed by atoms with E-state index in [1.807, 2.05) is 31.2 Å². The van der Waals surface area contributed by atoms with Crippen molar-refractivity contribution in [1.29, 1.82) is 0 Å². The molecule has 0 amide bonds. The van der Waals surface area contributed by atoms with E-state index in [4.69, 9.17) is 14.6 Å². The highest BCUT2D eigenvalue weighted by atomic mass is 32.2. The summed E-state index contributed by atoms with van der Waals surface area (Å²) in [6.45, 7) is 2.28. The van der Waals surface area contributed by atoms with Gasteiger partial charge in [-0.15, -0.1) is 0 Å². The fraction of sp³-hybridized carbons (Fsp3) is 0.273. The number of hydrogen-bond acceptors (Lipinski definition) is 9. The molecule has 10 nitrogen and oxygen atoms in total. The number of rotatable bonds is 12. The quantitative estimate of drug-likeness (QED) is 0.292. The van der Waals surface area contributed by atoms with Crippen LogP contribution in [0.15, 0.2) is 59.5 Å². The van der Waals surface area contributed by atoms with Crippen LogP contribution >= 0.6 is 0 Å². The summed E-state index contributed by atoms with van der Waals surface area (Å²) in [7, 11) is -2.15. The van der Waals surface area contributed by atoms with E-state index in [-0.39, 0.29) is 43.0 Å². The van der Waals surface area contributed by atoms with Crippen LogP contribution < -0.4 is 24.8 Å². The summed E-state index contributed by atoms with van der Waals surface area (Å²) in [6, 6.07) is 15.5. The molecular weight excluding hydrogens is 446 g/mol. The van der Waals surface area contributed by atoms with Crippen LogP contribution in [0.5, 0.6) is 11.6 Å². The van der Waals surface area contributed by atoms with E-state index in [0.717, 1.165) is 11.3 Å². The maximum absolute atomic E-state index is 12.4. The molecule has 0 saturated heterocycles. The summed E-state index contributed by atoms with van der Waals surface area (Å²) in [6.07, 6.45) is 0. The molecule has 0 aliphatic rings. The number of nitrogens with zero attached hydrogens (tertiary/aromatic N) is 2. The number of methoxy groups -OCH3 is 1. The molecule has 1 aromatic heterocycles. The first-order valence-corrected chi connectivity index (χ1v) is 11.7. The number of sulfonamides is 1. The Balaban J connectivity index is 1.63. The molecule has 2 aromatic carbocycles. The number of aliphatic hydroxyl groups excluding tert-OH is 1. The van der Waals surface area contributed by atoms with Crippen LogP contribution in [0.2, 0.25) is 0 Å². The molecule has 0 bridgehead atoms. The topological polar surface area (TPSA) is 135 Å². The summed E-state index contributed by atoms with van der Waals surface area (Å²) in [5.74, 6) is 1.59. The van der Waals surface area contributed by atoms with Gasteiger partial charge in [0.05, 0.1) is 18.6 Å². The minimum absolute atomic E-state index is 0.0854. The van der Waals surface area contributed by atoms with Gasteiger partial charge in [0.25, 0.3) is 0 Å². The minimum Gasteiger partial charge on any atom is -0.497 e. The van der Waals surface area contributed by atoms with E-state index in [1.165, 1.54) is 19.2 Å². The van der Waals surface area contributed by atoms with Gasteiger partial charge in [-0.05, 0) is 43.3 Å². The molecule has 3 rings (SSSR count). The lowest BCUT2D eigenvalue weighted by Gasteiger charge is -2.12. The Labute approximate surface area is 193 Å². The lowest BCUT2D eigenvalue weighted by molar-refractivity contribution is 0.197. The minimum atomic E-state index is -3.66. The van der Waals surface area contributed by atoms with Gasteiger partial charge in [-0.3, -0.25) is 0 Å². The molecule has 0 spiro atoms. The highest BCUT2D eigenvalue weighted by Crippen LogP contribution is 2.21. The maximum Gasteiger partial charge on any atom is 0.240 e. The zero-order valence-corrected chi connectivity index (χ0v) is 19.2. The number of nitrogens with one attached hydrogen (secondary N) is 3. The molecule has 0 unspecified atom stereocenters.